The highest BCUT2D eigenvalue weighted by Gasteiger charge is 2.30. The Kier molecular flexibility index (Phi) is 4.72. The van der Waals surface area contributed by atoms with Gasteiger partial charge in [0.25, 0.3) is 0 Å². The van der Waals surface area contributed by atoms with Gasteiger partial charge in [-0.05, 0) is 53.2 Å². The molecule has 28 heavy (non-hydrogen) atoms. The van der Waals surface area contributed by atoms with E-state index in [0.29, 0.717) is 18.7 Å². The number of ether oxygens (including phenoxy) is 1. The standard InChI is InChI=1S/C20H19N7O/c1-14-5-3-4-6-19(14)28-17-9-7-15(8-10-17)27-16(11-12-21)13-18(23-27)20-22-24-25-26(20)2/h3-10,16H,11,13H2,1-2H3. The molecule has 0 spiro atoms. The Hall–Kier alpha value is -3.73. The summed E-state index contributed by atoms with van der Waals surface area (Å²) in [5.74, 6) is 2.19. The summed E-state index contributed by atoms with van der Waals surface area (Å²) in [4.78, 5) is 0. The largest absolute Gasteiger partial charge is 0.457 e. The molecule has 8 heteroatoms. The molecule has 2 heterocycles. The van der Waals surface area contributed by atoms with Crippen LogP contribution in [0.25, 0.3) is 0 Å². The minimum Gasteiger partial charge on any atom is -0.457 e. The number of benzene rings is 2. The fourth-order valence-electron chi connectivity index (χ4n) is 3.17. The third-order valence-corrected chi connectivity index (χ3v) is 4.63. The first kappa shape index (κ1) is 17.7. The molecule has 0 fully saturated rings. The van der Waals surface area contributed by atoms with Crippen LogP contribution in [0.2, 0.25) is 0 Å². The normalized spacial score (nSPS) is 16.0. The van der Waals surface area contributed by atoms with Gasteiger partial charge in [0.1, 0.15) is 17.2 Å². The predicted molar refractivity (Wildman–Crippen MR) is 104 cm³/mol. The maximum absolute atomic E-state index is 9.20. The van der Waals surface area contributed by atoms with Crippen molar-refractivity contribution >= 4 is 11.4 Å². The molecule has 0 saturated carbocycles. The smallest absolute Gasteiger partial charge is 0.198 e. The van der Waals surface area contributed by atoms with Crippen LogP contribution in [-0.2, 0) is 7.05 Å². The van der Waals surface area contributed by atoms with Crippen molar-refractivity contribution < 1.29 is 4.74 Å². The second kappa shape index (κ2) is 7.48. The van der Waals surface area contributed by atoms with Crippen molar-refractivity contribution in [3.8, 4) is 17.6 Å². The van der Waals surface area contributed by atoms with E-state index in [9.17, 15) is 5.26 Å². The molecule has 1 aliphatic heterocycles. The topological polar surface area (TPSA) is 92.2 Å². The zero-order valence-electron chi connectivity index (χ0n) is 15.6. The molecule has 3 aromatic rings. The number of nitrogens with zero attached hydrogens (tertiary/aromatic N) is 7. The third kappa shape index (κ3) is 3.42. The molecule has 0 aliphatic carbocycles. The summed E-state index contributed by atoms with van der Waals surface area (Å²) in [5.41, 5.74) is 2.74. The average Bonchev–Trinajstić information content (AvgIpc) is 3.31. The van der Waals surface area contributed by atoms with Gasteiger partial charge >= 0.3 is 0 Å². The van der Waals surface area contributed by atoms with E-state index in [1.54, 1.807) is 11.7 Å². The Morgan fingerprint density at radius 1 is 1.18 bits per heavy atom. The molecule has 0 radical (unpaired) electrons. The highest BCUT2D eigenvalue weighted by atomic mass is 16.5. The van der Waals surface area contributed by atoms with Crippen molar-refractivity contribution in [3.63, 3.8) is 0 Å². The molecular formula is C20H19N7O. The average molecular weight is 373 g/mol. The lowest BCUT2D eigenvalue weighted by atomic mass is 10.1. The van der Waals surface area contributed by atoms with Crippen molar-refractivity contribution in [1.29, 1.82) is 5.26 Å². The quantitative estimate of drug-likeness (QED) is 0.682. The molecule has 0 saturated heterocycles. The Morgan fingerprint density at radius 2 is 1.96 bits per heavy atom. The predicted octanol–water partition coefficient (Wildman–Crippen LogP) is 3.21. The Morgan fingerprint density at radius 3 is 2.64 bits per heavy atom. The lowest BCUT2D eigenvalue weighted by molar-refractivity contribution is 0.479. The van der Waals surface area contributed by atoms with Gasteiger partial charge in [-0.2, -0.15) is 10.4 Å². The fraction of sp³-hybridized carbons (Fsp3) is 0.250. The van der Waals surface area contributed by atoms with Gasteiger partial charge in [-0.25, -0.2) is 4.68 Å². The van der Waals surface area contributed by atoms with Crippen LogP contribution in [0, 0.1) is 18.3 Å². The number of rotatable bonds is 5. The second-order valence-electron chi connectivity index (χ2n) is 6.60. The molecule has 1 aliphatic rings. The summed E-state index contributed by atoms with van der Waals surface area (Å²) in [6.45, 7) is 2.01. The minimum atomic E-state index is -0.0557. The Bertz CT molecular complexity index is 1050. The summed E-state index contributed by atoms with van der Waals surface area (Å²) in [6, 6.07) is 17.8. The molecule has 0 amide bonds. The maximum atomic E-state index is 9.20. The van der Waals surface area contributed by atoms with Crippen molar-refractivity contribution in [1.82, 2.24) is 20.2 Å². The van der Waals surface area contributed by atoms with E-state index < -0.39 is 0 Å². The number of hydrogen-bond donors (Lipinski definition) is 0. The SMILES string of the molecule is Cc1ccccc1Oc1ccc(N2N=C(c3nnnn3C)CC2CC#N)cc1. The van der Waals surface area contributed by atoms with Crippen LogP contribution in [-0.4, -0.2) is 32.0 Å². The lowest BCUT2D eigenvalue weighted by Gasteiger charge is -2.21. The van der Waals surface area contributed by atoms with Crippen molar-refractivity contribution in [2.75, 3.05) is 5.01 Å². The molecule has 140 valence electrons. The number of aryl methyl sites for hydroxylation is 2. The van der Waals surface area contributed by atoms with Crippen LogP contribution in [0.15, 0.2) is 53.6 Å². The highest BCUT2D eigenvalue weighted by Crippen LogP contribution is 2.31. The number of hydrogen-bond acceptors (Lipinski definition) is 7. The van der Waals surface area contributed by atoms with E-state index in [1.807, 2.05) is 60.5 Å². The monoisotopic (exact) mass is 373 g/mol. The van der Waals surface area contributed by atoms with E-state index in [4.69, 9.17) is 4.74 Å². The molecule has 1 atom stereocenters. The first-order valence-corrected chi connectivity index (χ1v) is 8.95. The van der Waals surface area contributed by atoms with Gasteiger partial charge in [-0.3, -0.25) is 5.01 Å². The molecule has 8 nitrogen and oxygen atoms in total. The number of anilines is 1. The number of aromatic nitrogens is 4. The van der Waals surface area contributed by atoms with Crippen LogP contribution in [0.3, 0.4) is 0 Å². The van der Waals surface area contributed by atoms with Crippen LogP contribution >= 0.6 is 0 Å². The summed E-state index contributed by atoms with van der Waals surface area (Å²) in [6.07, 6.45) is 0.975. The summed E-state index contributed by atoms with van der Waals surface area (Å²) in [5, 5.41) is 27.3. The zero-order valence-corrected chi connectivity index (χ0v) is 15.6. The first-order valence-electron chi connectivity index (χ1n) is 8.95. The second-order valence-corrected chi connectivity index (χ2v) is 6.60. The fourth-order valence-corrected chi connectivity index (χ4v) is 3.17. The van der Waals surface area contributed by atoms with Crippen molar-refractivity contribution in [2.24, 2.45) is 12.1 Å². The van der Waals surface area contributed by atoms with Gasteiger partial charge < -0.3 is 4.74 Å². The molecule has 2 aromatic carbocycles. The minimum absolute atomic E-state index is 0.0557. The van der Waals surface area contributed by atoms with E-state index in [1.165, 1.54) is 0 Å². The third-order valence-electron chi connectivity index (χ3n) is 4.63. The molecule has 4 rings (SSSR count). The van der Waals surface area contributed by atoms with Gasteiger partial charge in [0.2, 0.25) is 0 Å². The molecular weight excluding hydrogens is 354 g/mol. The summed E-state index contributed by atoms with van der Waals surface area (Å²) >= 11 is 0. The van der Waals surface area contributed by atoms with Gasteiger partial charge in [0.15, 0.2) is 5.82 Å². The van der Waals surface area contributed by atoms with E-state index >= 15 is 0 Å². The Labute approximate surface area is 162 Å². The molecule has 1 unspecified atom stereocenters. The van der Waals surface area contributed by atoms with E-state index in [2.05, 4.69) is 26.7 Å². The zero-order chi connectivity index (χ0) is 19.5. The van der Waals surface area contributed by atoms with Gasteiger partial charge in [0.05, 0.1) is 24.2 Å². The summed E-state index contributed by atoms with van der Waals surface area (Å²) < 4.78 is 7.55. The first-order chi connectivity index (χ1) is 13.7. The summed E-state index contributed by atoms with van der Waals surface area (Å²) in [7, 11) is 1.78. The van der Waals surface area contributed by atoms with Crippen molar-refractivity contribution in [3.05, 3.63) is 59.9 Å². The van der Waals surface area contributed by atoms with E-state index in [0.717, 1.165) is 28.5 Å². The van der Waals surface area contributed by atoms with Crippen LogP contribution in [0.4, 0.5) is 5.69 Å². The van der Waals surface area contributed by atoms with E-state index in [-0.39, 0.29) is 6.04 Å². The van der Waals surface area contributed by atoms with Crippen LogP contribution < -0.4 is 9.75 Å². The maximum Gasteiger partial charge on any atom is 0.198 e. The van der Waals surface area contributed by atoms with Gasteiger partial charge in [-0.15, -0.1) is 5.10 Å². The number of hydrazone groups is 1. The number of tetrazole rings is 1. The molecule has 0 N–H and O–H groups in total. The van der Waals surface area contributed by atoms with Gasteiger partial charge in [0, 0.05) is 13.5 Å². The molecule has 1 aromatic heterocycles. The molecule has 0 bridgehead atoms. The van der Waals surface area contributed by atoms with Crippen LogP contribution in [0.1, 0.15) is 24.2 Å². The van der Waals surface area contributed by atoms with Gasteiger partial charge in [-0.1, -0.05) is 18.2 Å². The Balaban J connectivity index is 1.58. The highest BCUT2D eigenvalue weighted by molar-refractivity contribution is 6.00. The number of nitriles is 1. The number of para-hydroxylation sites is 1. The van der Waals surface area contributed by atoms with Crippen molar-refractivity contribution in [2.45, 2.75) is 25.8 Å². The lowest BCUT2D eigenvalue weighted by Crippen LogP contribution is -2.25. The van der Waals surface area contributed by atoms with Crippen LogP contribution in [0.5, 0.6) is 11.5 Å².